The molecule has 0 radical (unpaired) electrons. The summed E-state index contributed by atoms with van der Waals surface area (Å²) in [5, 5.41) is 8.84. The van der Waals surface area contributed by atoms with E-state index < -0.39 is 6.10 Å². The van der Waals surface area contributed by atoms with Crippen molar-refractivity contribution in [2.75, 3.05) is 6.61 Å². The average Bonchev–Trinajstić information content (AvgIpc) is 2.61. The fourth-order valence-electron chi connectivity index (χ4n) is 1.56. The number of hydrogen-bond donors (Lipinski definition) is 1. The maximum atomic E-state index is 11.3. The predicted octanol–water partition coefficient (Wildman–Crippen LogP) is 0.473. The van der Waals surface area contributed by atoms with Gasteiger partial charge in [-0.1, -0.05) is 0 Å². The van der Waals surface area contributed by atoms with Crippen LogP contribution < -0.4 is 0 Å². The SMILES string of the molecule is O=C1C[C@H](c2ccncc2)O[C@@H]1CO. The van der Waals surface area contributed by atoms with E-state index in [-0.39, 0.29) is 18.5 Å². The molecular formula is C10H11NO3. The highest BCUT2D eigenvalue weighted by Crippen LogP contribution is 2.29. The number of aromatic nitrogens is 1. The van der Waals surface area contributed by atoms with Crippen LogP contribution in [0.25, 0.3) is 0 Å². The summed E-state index contributed by atoms with van der Waals surface area (Å²) in [4.78, 5) is 15.2. The van der Waals surface area contributed by atoms with Gasteiger partial charge in [0.25, 0.3) is 0 Å². The van der Waals surface area contributed by atoms with Crippen molar-refractivity contribution in [3.63, 3.8) is 0 Å². The van der Waals surface area contributed by atoms with Crippen LogP contribution in [0.15, 0.2) is 24.5 Å². The Hall–Kier alpha value is -1.26. The van der Waals surface area contributed by atoms with Crippen LogP contribution in [-0.2, 0) is 9.53 Å². The highest BCUT2D eigenvalue weighted by molar-refractivity contribution is 5.85. The zero-order valence-electron chi connectivity index (χ0n) is 7.59. The monoisotopic (exact) mass is 193 g/mol. The fourth-order valence-corrected chi connectivity index (χ4v) is 1.56. The summed E-state index contributed by atoms with van der Waals surface area (Å²) < 4.78 is 5.38. The first-order chi connectivity index (χ1) is 6.81. The van der Waals surface area contributed by atoms with Crippen LogP contribution in [-0.4, -0.2) is 28.6 Å². The van der Waals surface area contributed by atoms with Gasteiger partial charge in [0.1, 0.15) is 6.10 Å². The summed E-state index contributed by atoms with van der Waals surface area (Å²) in [6.07, 6.45) is 2.80. The molecule has 0 bridgehead atoms. The molecule has 0 saturated carbocycles. The van der Waals surface area contributed by atoms with E-state index in [1.165, 1.54) is 0 Å². The van der Waals surface area contributed by atoms with Crippen LogP contribution in [0, 0.1) is 0 Å². The van der Waals surface area contributed by atoms with E-state index in [1.54, 1.807) is 12.4 Å². The molecule has 1 aromatic heterocycles. The lowest BCUT2D eigenvalue weighted by atomic mass is 10.1. The number of carbonyl (C=O) groups is 1. The van der Waals surface area contributed by atoms with Gasteiger partial charge in [-0.2, -0.15) is 0 Å². The molecule has 0 aliphatic carbocycles. The van der Waals surface area contributed by atoms with Crippen molar-refractivity contribution in [3.05, 3.63) is 30.1 Å². The highest BCUT2D eigenvalue weighted by Gasteiger charge is 2.33. The second kappa shape index (κ2) is 3.86. The maximum Gasteiger partial charge on any atom is 0.166 e. The topological polar surface area (TPSA) is 59.4 Å². The molecule has 0 aromatic carbocycles. The number of carbonyl (C=O) groups excluding carboxylic acids is 1. The lowest BCUT2D eigenvalue weighted by Gasteiger charge is -2.10. The van der Waals surface area contributed by atoms with Crippen LogP contribution >= 0.6 is 0 Å². The number of aliphatic hydroxyl groups is 1. The van der Waals surface area contributed by atoms with Crippen molar-refractivity contribution in [1.29, 1.82) is 0 Å². The Morgan fingerprint density at radius 1 is 1.50 bits per heavy atom. The molecule has 1 aliphatic rings. The summed E-state index contributed by atoms with van der Waals surface area (Å²) in [5.74, 6) is -0.0330. The van der Waals surface area contributed by atoms with Crippen LogP contribution in [0.3, 0.4) is 0 Å². The Kier molecular flexibility index (Phi) is 2.56. The van der Waals surface area contributed by atoms with Gasteiger partial charge in [0.2, 0.25) is 0 Å². The molecule has 2 heterocycles. The number of pyridine rings is 1. The van der Waals surface area contributed by atoms with Crippen molar-refractivity contribution >= 4 is 5.78 Å². The Bertz CT molecular complexity index is 325. The zero-order chi connectivity index (χ0) is 9.97. The molecule has 74 valence electrons. The molecule has 1 saturated heterocycles. The van der Waals surface area contributed by atoms with Gasteiger partial charge in [0.15, 0.2) is 5.78 Å². The van der Waals surface area contributed by atoms with Crippen LogP contribution in [0.1, 0.15) is 18.1 Å². The standard InChI is InChI=1S/C10H11NO3/c12-6-10-8(13)5-9(14-10)7-1-3-11-4-2-7/h1-4,9-10,12H,5-6H2/t9-,10-/m1/s1. The molecule has 0 spiro atoms. The number of rotatable bonds is 2. The third-order valence-corrected chi connectivity index (χ3v) is 2.32. The van der Waals surface area contributed by atoms with Gasteiger partial charge in [0, 0.05) is 18.8 Å². The summed E-state index contributed by atoms with van der Waals surface area (Å²) in [6.45, 7) is -0.236. The van der Waals surface area contributed by atoms with E-state index in [2.05, 4.69) is 4.98 Å². The summed E-state index contributed by atoms with van der Waals surface area (Å²) in [7, 11) is 0. The summed E-state index contributed by atoms with van der Waals surface area (Å²) in [5.41, 5.74) is 0.935. The third-order valence-electron chi connectivity index (χ3n) is 2.32. The number of hydrogen-bond acceptors (Lipinski definition) is 4. The molecule has 1 N–H and O–H groups in total. The quantitative estimate of drug-likeness (QED) is 0.741. The normalized spacial score (nSPS) is 26.8. The van der Waals surface area contributed by atoms with E-state index in [9.17, 15) is 4.79 Å². The molecule has 4 nitrogen and oxygen atoms in total. The van der Waals surface area contributed by atoms with Crippen molar-refractivity contribution in [3.8, 4) is 0 Å². The Morgan fingerprint density at radius 2 is 2.21 bits per heavy atom. The molecule has 2 rings (SSSR count). The van der Waals surface area contributed by atoms with Gasteiger partial charge < -0.3 is 9.84 Å². The van der Waals surface area contributed by atoms with Crippen molar-refractivity contribution < 1.29 is 14.6 Å². The van der Waals surface area contributed by atoms with E-state index in [0.717, 1.165) is 5.56 Å². The average molecular weight is 193 g/mol. The molecule has 1 aliphatic heterocycles. The van der Waals surface area contributed by atoms with E-state index in [4.69, 9.17) is 9.84 Å². The third kappa shape index (κ3) is 1.66. The molecule has 1 aromatic rings. The molecule has 4 heteroatoms. The first kappa shape index (κ1) is 9.30. The van der Waals surface area contributed by atoms with E-state index in [1.807, 2.05) is 12.1 Å². The van der Waals surface area contributed by atoms with Gasteiger partial charge in [-0.05, 0) is 17.7 Å². The first-order valence-corrected chi connectivity index (χ1v) is 4.50. The lowest BCUT2D eigenvalue weighted by molar-refractivity contribution is -0.124. The van der Waals surface area contributed by atoms with Crippen LogP contribution in [0.4, 0.5) is 0 Å². The molecule has 0 amide bonds. The van der Waals surface area contributed by atoms with Crippen molar-refractivity contribution in [2.45, 2.75) is 18.6 Å². The van der Waals surface area contributed by atoms with Gasteiger partial charge >= 0.3 is 0 Å². The molecule has 0 unspecified atom stereocenters. The summed E-state index contributed by atoms with van der Waals surface area (Å²) in [6, 6.07) is 3.63. The van der Waals surface area contributed by atoms with Gasteiger partial charge in [-0.3, -0.25) is 9.78 Å². The van der Waals surface area contributed by atoms with Crippen molar-refractivity contribution in [2.24, 2.45) is 0 Å². The molecule has 14 heavy (non-hydrogen) atoms. The highest BCUT2D eigenvalue weighted by atomic mass is 16.5. The Labute approximate surface area is 81.5 Å². The van der Waals surface area contributed by atoms with Gasteiger partial charge in [-0.15, -0.1) is 0 Å². The Balaban J connectivity index is 2.13. The second-order valence-corrected chi connectivity index (χ2v) is 3.25. The minimum Gasteiger partial charge on any atom is -0.393 e. The smallest absolute Gasteiger partial charge is 0.166 e. The molecule has 2 atom stereocenters. The maximum absolute atomic E-state index is 11.3. The minimum atomic E-state index is -0.645. The largest absolute Gasteiger partial charge is 0.393 e. The Morgan fingerprint density at radius 3 is 2.79 bits per heavy atom. The van der Waals surface area contributed by atoms with E-state index in [0.29, 0.717) is 6.42 Å². The molecular weight excluding hydrogens is 182 g/mol. The van der Waals surface area contributed by atoms with Gasteiger partial charge in [-0.25, -0.2) is 0 Å². The van der Waals surface area contributed by atoms with Crippen LogP contribution in [0.5, 0.6) is 0 Å². The lowest BCUT2D eigenvalue weighted by Crippen LogP contribution is -2.19. The number of nitrogens with zero attached hydrogens (tertiary/aromatic N) is 1. The minimum absolute atomic E-state index is 0.0330. The second-order valence-electron chi connectivity index (χ2n) is 3.25. The number of aliphatic hydroxyl groups excluding tert-OH is 1. The predicted molar refractivity (Wildman–Crippen MR) is 48.6 cm³/mol. The molecule has 1 fully saturated rings. The summed E-state index contributed by atoms with van der Waals surface area (Å²) >= 11 is 0. The van der Waals surface area contributed by atoms with Crippen LogP contribution in [0.2, 0.25) is 0 Å². The van der Waals surface area contributed by atoms with Crippen molar-refractivity contribution in [1.82, 2.24) is 4.98 Å². The fraction of sp³-hybridized carbons (Fsp3) is 0.400. The zero-order valence-corrected chi connectivity index (χ0v) is 7.59. The number of Topliss-reactive ketones (excluding diaryl/α,β-unsaturated/α-hetero) is 1. The van der Waals surface area contributed by atoms with Gasteiger partial charge in [0.05, 0.1) is 12.7 Å². The van der Waals surface area contributed by atoms with E-state index >= 15 is 0 Å². The first-order valence-electron chi connectivity index (χ1n) is 4.50. The number of ether oxygens (including phenoxy) is 1. The number of ketones is 1.